The Kier molecular flexibility index (Phi) is 4.36. The van der Waals surface area contributed by atoms with E-state index >= 15 is 0 Å². The van der Waals surface area contributed by atoms with E-state index in [0.29, 0.717) is 12.0 Å². The molecule has 0 fully saturated rings. The number of carbonyl (C=O) groups excluding carboxylic acids is 1. The van der Waals surface area contributed by atoms with Crippen LogP contribution in [-0.2, 0) is 6.42 Å². The lowest BCUT2D eigenvalue weighted by molar-refractivity contribution is 0.0916. The average Bonchev–Trinajstić information content (AvgIpc) is 2.85. The highest BCUT2D eigenvalue weighted by Gasteiger charge is 2.15. The SMILES string of the molecule is Cc1[nH]ccc1C(=O)N[C@H](CO)Cc1ccccc1. The van der Waals surface area contributed by atoms with Crippen LogP contribution in [0.5, 0.6) is 0 Å². The predicted molar refractivity (Wildman–Crippen MR) is 74.0 cm³/mol. The quantitative estimate of drug-likeness (QED) is 0.763. The van der Waals surface area contributed by atoms with E-state index in [4.69, 9.17) is 0 Å². The van der Waals surface area contributed by atoms with Gasteiger partial charge in [0.15, 0.2) is 0 Å². The van der Waals surface area contributed by atoms with Crippen molar-refractivity contribution < 1.29 is 9.90 Å². The van der Waals surface area contributed by atoms with Crippen LogP contribution in [-0.4, -0.2) is 28.6 Å². The summed E-state index contributed by atoms with van der Waals surface area (Å²) in [5.41, 5.74) is 2.54. The lowest BCUT2D eigenvalue weighted by Gasteiger charge is -2.16. The van der Waals surface area contributed by atoms with Crippen LogP contribution < -0.4 is 5.32 Å². The Labute approximate surface area is 112 Å². The number of rotatable bonds is 5. The minimum atomic E-state index is -0.274. The number of nitrogens with one attached hydrogen (secondary N) is 2. The Bertz CT molecular complexity index is 534. The molecule has 0 radical (unpaired) electrons. The van der Waals surface area contributed by atoms with Gasteiger partial charge in [-0.3, -0.25) is 4.79 Å². The topological polar surface area (TPSA) is 65.1 Å². The van der Waals surface area contributed by atoms with E-state index in [0.717, 1.165) is 11.3 Å². The zero-order valence-electron chi connectivity index (χ0n) is 10.9. The summed E-state index contributed by atoms with van der Waals surface area (Å²) in [6, 6.07) is 11.3. The number of carbonyl (C=O) groups is 1. The Balaban J connectivity index is 2.00. The molecule has 1 heterocycles. The minimum Gasteiger partial charge on any atom is -0.394 e. The van der Waals surface area contributed by atoms with Crippen molar-refractivity contribution in [1.29, 1.82) is 0 Å². The second-order valence-corrected chi connectivity index (χ2v) is 4.56. The van der Waals surface area contributed by atoms with Gasteiger partial charge in [-0.15, -0.1) is 0 Å². The van der Waals surface area contributed by atoms with Gasteiger partial charge >= 0.3 is 0 Å². The van der Waals surface area contributed by atoms with Crippen LogP contribution in [0.4, 0.5) is 0 Å². The summed E-state index contributed by atoms with van der Waals surface area (Å²) in [5.74, 6) is -0.159. The fraction of sp³-hybridized carbons (Fsp3) is 0.267. The lowest BCUT2D eigenvalue weighted by Crippen LogP contribution is -2.39. The summed E-state index contributed by atoms with van der Waals surface area (Å²) < 4.78 is 0. The highest BCUT2D eigenvalue weighted by molar-refractivity contribution is 5.95. The van der Waals surface area contributed by atoms with Crippen LogP contribution in [0.3, 0.4) is 0 Å². The van der Waals surface area contributed by atoms with Gasteiger partial charge < -0.3 is 15.4 Å². The first-order valence-electron chi connectivity index (χ1n) is 6.30. The number of aliphatic hydroxyl groups is 1. The minimum absolute atomic E-state index is 0.0793. The molecule has 1 amide bonds. The first kappa shape index (κ1) is 13.4. The Morgan fingerprint density at radius 1 is 1.32 bits per heavy atom. The number of hydrogen-bond acceptors (Lipinski definition) is 2. The maximum atomic E-state index is 12.0. The van der Waals surface area contributed by atoms with Crippen molar-refractivity contribution in [2.24, 2.45) is 0 Å². The van der Waals surface area contributed by atoms with Crippen molar-refractivity contribution >= 4 is 5.91 Å². The van der Waals surface area contributed by atoms with E-state index in [-0.39, 0.29) is 18.6 Å². The van der Waals surface area contributed by atoms with Gasteiger partial charge in [0.2, 0.25) is 0 Å². The molecule has 2 rings (SSSR count). The molecule has 0 aliphatic rings. The molecule has 0 aliphatic heterocycles. The van der Waals surface area contributed by atoms with Crippen molar-refractivity contribution in [1.82, 2.24) is 10.3 Å². The zero-order valence-corrected chi connectivity index (χ0v) is 10.9. The largest absolute Gasteiger partial charge is 0.394 e. The molecule has 19 heavy (non-hydrogen) atoms. The summed E-state index contributed by atoms with van der Waals surface area (Å²) in [6.45, 7) is 1.77. The third kappa shape index (κ3) is 3.45. The second kappa shape index (κ2) is 6.20. The van der Waals surface area contributed by atoms with Gasteiger partial charge in [-0.1, -0.05) is 30.3 Å². The standard InChI is InChI=1S/C15H18N2O2/c1-11-14(7-8-16-11)15(19)17-13(10-18)9-12-5-3-2-4-6-12/h2-8,13,16,18H,9-10H2,1H3,(H,17,19)/t13-/m0/s1. The summed E-state index contributed by atoms with van der Waals surface area (Å²) in [7, 11) is 0. The highest BCUT2D eigenvalue weighted by atomic mass is 16.3. The number of amides is 1. The Morgan fingerprint density at radius 3 is 2.63 bits per heavy atom. The molecule has 0 aliphatic carbocycles. The summed E-state index contributed by atoms with van der Waals surface area (Å²) >= 11 is 0. The van der Waals surface area contributed by atoms with Crippen molar-refractivity contribution in [3.8, 4) is 0 Å². The molecule has 2 aromatic rings. The molecule has 100 valence electrons. The number of aliphatic hydroxyl groups excluding tert-OH is 1. The fourth-order valence-corrected chi connectivity index (χ4v) is 2.02. The van der Waals surface area contributed by atoms with Gasteiger partial charge in [0.05, 0.1) is 18.2 Å². The number of hydrogen-bond donors (Lipinski definition) is 3. The van der Waals surface area contributed by atoms with E-state index in [1.807, 2.05) is 37.3 Å². The van der Waals surface area contributed by atoms with E-state index in [1.54, 1.807) is 12.3 Å². The first-order chi connectivity index (χ1) is 9.20. The molecular formula is C15H18N2O2. The number of H-pyrrole nitrogens is 1. The van der Waals surface area contributed by atoms with Crippen molar-refractivity contribution in [2.45, 2.75) is 19.4 Å². The molecule has 0 spiro atoms. The molecule has 3 N–H and O–H groups in total. The van der Waals surface area contributed by atoms with Gasteiger partial charge in [0.1, 0.15) is 0 Å². The fourth-order valence-electron chi connectivity index (χ4n) is 2.02. The van der Waals surface area contributed by atoms with Crippen molar-refractivity contribution in [2.75, 3.05) is 6.61 Å². The second-order valence-electron chi connectivity index (χ2n) is 4.56. The smallest absolute Gasteiger partial charge is 0.253 e. The van der Waals surface area contributed by atoms with Crippen LogP contribution in [0.1, 0.15) is 21.6 Å². The van der Waals surface area contributed by atoms with E-state index in [9.17, 15) is 9.90 Å². The highest BCUT2D eigenvalue weighted by Crippen LogP contribution is 2.07. The maximum Gasteiger partial charge on any atom is 0.253 e. The molecule has 0 bridgehead atoms. The number of aryl methyl sites for hydroxylation is 1. The normalized spacial score (nSPS) is 12.1. The third-order valence-electron chi connectivity index (χ3n) is 3.08. The molecule has 0 saturated carbocycles. The monoisotopic (exact) mass is 258 g/mol. The number of aromatic amines is 1. The third-order valence-corrected chi connectivity index (χ3v) is 3.08. The van der Waals surface area contributed by atoms with Gasteiger partial charge in [-0.05, 0) is 25.0 Å². The summed E-state index contributed by atoms with van der Waals surface area (Å²) in [4.78, 5) is 15.0. The van der Waals surface area contributed by atoms with Crippen molar-refractivity contribution in [3.63, 3.8) is 0 Å². The predicted octanol–water partition coefficient (Wildman–Crippen LogP) is 1.66. The Hall–Kier alpha value is -2.07. The molecule has 0 unspecified atom stereocenters. The van der Waals surface area contributed by atoms with Crippen LogP contribution in [0.2, 0.25) is 0 Å². The van der Waals surface area contributed by atoms with Crippen LogP contribution in [0, 0.1) is 6.92 Å². The van der Waals surface area contributed by atoms with Gasteiger partial charge in [0, 0.05) is 11.9 Å². The van der Waals surface area contributed by atoms with E-state index in [2.05, 4.69) is 10.3 Å². The maximum absolute atomic E-state index is 12.0. The number of aromatic nitrogens is 1. The van der Waals surface area contributed by atoms with Gasteiger partial charge in [-0.25, -0.2) is 0 Å². The lowest BCUT2D eigenvalue weighted by atomic mass is 10.1. The van der Waals surface area contributed by atoms with Crippen LogP contribution in [0.25, 0.3) is 0 Å². The molecule has 1 atom stereocenters. The molecular weight excluding hydrogens is 240 g/mol. The van der Waals surface area contributed by atoms with Gasteiger partial charge in [0.25, 0.3) is 5.91 Å². The average molecular weight is 258 g/mol. The van der Waals surface area contributed by atoms with Gasteiger partial charge in [-0.2, -0.15) is 0 Å². The molecule has 4 heteroatoms. The van der Waals surface area contributed by atoms with E-state index in [1.165, 1.54) is 0 Å². The summed E-state index contributed by atoms with van der Waals surface area (Å²) in [5, 5.41) is 12.2. The molecule has 4 nitrogen and oxygen atoms in total. The zero-order chi connectivity index (χ0) is 13.7. The van der Waals surface area contributed by atoms with E-state index < -0.39 is 0 Å². The molecule has 1 aromatic carbocycles. The molecule has 0 saturated heterocycles. The number of benzene rings is 1. The van der Waals surface area contributed by atoms with Crippen LogP contribution >= 0.6 is 0 Å². The summed E-state index contributed by atoms with van der Waals surface area (Å²) in [6.07, 6.45) is 2.35. The van der Waals surface area contributed by atoms with Crippen LogP contribution in [0.15, 0.2) is 42.6 Å². The first-order valence-corrected chi connectivity index (χ1v) is 6.30. The van der Waals surface area contributed by atoms with Crippen molar-refractivity contribution in [3.05, 3.63) is 59.4 Å². The Morgan fingerprint density at radius 2 is 2.05 bits per heavy atom. The molecule has 1 aromatic heterocycles.